The Hall–Kier alpha value is -1.01. The Kier molecular flexibility index (Phi) is 3.49. The summed E-state index contributed by atoms with van der Waals surface area (Å²) in [6, 6.07) is 0. The molecule has 0 rings (SSSR count). The van der Waals surface area contributed by atoms with Crippen molar-refractivity contribution in [1.29, 1.82) is 0 Å². The van der Waals surface area contributed by atoms with E-state index in [4.69, 9.17) is 5.73 Å². The van der Waals surface area contributed by atoms with E-state index in [-0.39, 0.29) is 0 Å². The van der Waals surface area contributed by atoms with Crippen molar-refractivity contribution >= 4 is 5.94 Å². The van der Waals surface area contributed by atoms with Gasteiger partial charge in [-0.05, 0) is 20.3 Å². The first kappa shape index (κ1) is 7.99. The Labute approximate surface area is 55.1 Å². The largest absolute Gasteiger partial charge is 0.402 e. The second kappa shape index (κ2) is 3.93. The summed E-state index contributed by atoms with van der Waals surface area (Å²) in [5.41, 5.74) is 7.21. The number of hydrogen-bond acceptors (Lipinski definition) is 2. The molecule has 0 unspecified atom stereocenters. The van der Waals surface area contributed by atoms with E-state index in [2.05, 4.69) is 0 Å². The van der Waals surface area contributed by atoms with Gasteiger partial charge in [-0.1, -0.05) is 5.57 Å². The van der Waals surface area contributed by atoms with E-state index in [1.165, 1.54) is 6.08 Å². The van der Waals surface area contributed by atoms with Crippen LogP contribution in [0.4, 0.5) is 0 Å². The van der Waals surface area contributed by atoms with Crippen molar-refractivity contribution in [2.24, 2.45) is 5.73 Å². The summed E-state index contributed by atoms with van der Waals surface area (Å²) in [5, 5.41) is 0. The lowest BCUT2D eigenvalue weighted by Crippen LogP contribution is -1.94. The standard InChI is InChI=1S/C7H11NO/c1-6(7(2)8)4-3-5-9/h3H,4,8H2,1-2H3. The summed E-state index contributed by atoms with van der Waals surface area (Å²) in [6.45, 7) is 3.71. The lowest BCUT2D eigenvalue weighted by molar-refractivity contribution is 0.568. The van der Waals surface area contributed by atoms with Crippen LogP contribution in [0.25, 0.3) is 0 Å². The average molecular weight is 125 g/mol. The molecule has 0 aliphatic carbocycles. The van der Waals surface area contributed by atoms with Crippen molar-refractivity contribution in [2.45, 2.75) is 20.3 Å². The second-order valence-corrected chi connectivity index (χ2v) is 1.99. The third-order valence-electron chi connectivity index (χ3n) is 1.16. The van der Waals surface area contributed by atoms with Gasteiger partial charge in [-0.25, -0.2) is 4.79 Å². The fraction of sp³-hybridized carbons (Fsp3) is 0.429. The first-order valence-electron chi connectivity index (χ1n) is 2.79. The minimum absolute atomic E-state index is 0.617. The number of rotatable bonds is 2. The molecule has 0 radical (unpaired) electrons. The smallest absolute Gasteiger partial charge is 0.120 e. The van der Waals surface area contributed by atoms with E-state index < -0.39 is 0 Å². The maximum atomic E-state index is 9.69. The van der Waals surface area contributed by atoms with Gasteiger partial charge in [-0.15, -0.1) is 0 Å². The molecule has 0 aromatic rings. The topological polar surface area (TPSA) is 43.1 Å². The number of nitrogens with two attached hydrogens (primary N) is 1. The fourth-order valence-corrected chi connectivity index (χ4v) is 0.356. The Morgan fingerprint density at radius 2 is 2.22 bits per heavy atom. The van der Waals surface area contributed by atoms with Crippen molar-refractivity contribution in [1.82, 2.24) is 0 Å². The first-order valence-corrected chi connectivity index (χ1v) is 2.79. The van der Waals surface area contributed by atoms with Crippen LogP contribution >= 0.6 is 0 Å². The molecular formula is C7H11NO. The molecule has 2 nitrogen and oxygen atoms in total. The predicted octanol–water partition coefficient (Wildman–Crippen LogP) is 1.02. The molecule has 2 N–H and O–H groups in total. The minimum Gasteiger partial charge on any atom is -0.402 e. The third-order valence-corrected chi connectivity index (χ3v) is 1.16. The summed E-state index contributed by atoms with van der Waals surface area (Å²) in [4.78, 5) is 9.69. The Bertz CT molecular complexity index is 160. The summed E-state index contributed by atoms with van der Waals surface area (Å²) in [5.74, 6) is 1.69. The molecule has 0 saturated carbocycles. The normalized spacial score (nSPS) is 11.8. The molecule has 0 saturated heterocycles. The van der Waals surface area contributed by atoms with Gasteiger partial charge in [0.15, 0.2) is 0 Å². The van der Waals surface area contributed by atoms with Crippen LogP contribution in [0.5, 0.6) is 0 Å². The molecule has 0 amide bonds. The molecule has 0 aromatic heterocycles. The molecule has 0 aliphatic rings. The van der Waals surface area contributed by atoms with Gasteiger partial charge in [-0.3, -0.25) is 0 Å². The molecule has 0 bridgehead atoms. The number of hydrogen-bond donors (Lipinski definition) is 1. The maximum absolute atomic E-state index is 9.69. The summed E-state index contributed by atoms with van der Waals surface area (Å²) < 4.78 is 0. The number of carbonyl (C=O) groups excluding carboxylic acids is 1. The number of allylic oxidation sites excluding steroid dienone is 3. The van der Waals surface area contributed by atoms with Crippen LogP contribution in [-0.4, -0.2) is 5.94 Å². The maximum Gasteiger partial charge on any atom is 0.120 e. The quantitative estimate of drug-likeness (QED) is 0.560. The van der Waals surface area contributed by atoms with E-state index in [0.29, 0.717) is 6.42 Å². The van der Waals surface area contributed by atoms with Gasteiger partial charge in [0.2, 0.25) is 0 Å². The zero-order valence-electron chi connectivity index (χ0n) is 5.77. The highest BCUT2D eigenvalue weighted by Crippen LogP contribution is 2.01. The minimum atomic E-state index is 0.617. The molecule has 0 aromatic carbocycles. The summed E-state index contributed by atoms with van der Waals surface area (Å²) in [6.07, 6.45) is 2.04. The van der Waals surface area contributed by atoms with E-state index >= 15 is 0 Å². The van der Waals surface area contributed by atoms with Crippen LogP contribution in [0.15, 0.2) is 17.3 Å². The average Bonchev–Trinajstić information content (AvgIpc) is 1.82. The van der Waals surface area contributed by atoms with Crippen molar-refractivity contribution in [3.05, 3.63) is 17.3 Å². The molecular weight excluding hydrogens is 114 g/mol. The monoisotopic (exact) mass is 125 g/mol. The zero-order chi connectivity index (χ0) is 7.28. The SMILES string of the molecule is CC(N)=C(C)CC=C=O. The van der Waals surface area contributed by atoms with Crippen molar-refractivity contribution < 1.29 is 4.79 Å². The second-order valence-electron chi connectivity index (χ2n) is 1.99. The highest BCUT2D eigenvalue weighted by Gasteiger charge is 1.87. The molecule has 0 atom stereocenters. The fourth-order valence-electron chi connectivity index (χ4n) is 0.356. The van der Waals surface area contributed by atoms with Crippen LogP contribution in [0.1, 0.15) is 20.3 Å². The Balaban J connectivity index is 3.91. The highest BCUT2D eigenvalue weighted by molar-refractivity contribution is 5.45. The van der Waals surface area contributed by atoms with Crippen molar-refractivity contribution in [2.75, 3.05) is 0 Å². The Morgan fingerprint density at radius 3 is 2.56 bits per heavy atom. The van der Waals surface area contributed by atoms with Gasteiger partial charge in [0.1, 0.15) is 5.94 Å². The molecule has 2 heteroatoms. The van der Waals surface area contributed by atoms with E-state index in [9.17, 15) is 4.79 Å². The van der Waals surface area contributed by atoms with Gasteiger partial charge in [0.05, 0.1) is 0 Å². The lowest BCUT2D eigenvalue weighted by atomic mass is 10.2. The van der Waals surface area contributed by atoms with Gasteiger partial charge < -0.3 is 5.73 Å². The van der Waals surface area contributed by atoms with Crippen molar-refractivity contribution in [3.8, 4) is 0 Å². The van der Waals surface area contributed by atoms with Crippen molar-refractivity contribution in [3.63, 3.8) is 0 Å². The molecule has 0 spiro atoms. The van der Waals surface area contributed by atoms with Crippen LogP contribution < -0.4 is 5.73 Å². The first-order chi connectivity index (χ1) is 4.18. The molecule has 9 heavy (non-hydrogen) atoms. The predicted molar refractivity (Wildman–Crippen MR) is 37.4 cm³/mol. The van der Waals surface area contributed by atoms with Crippen LogP contribution in [-0.2, 0) is 4.79 Å². The van der Waals surface area contributed by atoms with E-state index in [1.54, 1.807) is 5.94 Å². The van der Waals surface area contributed by atoms with E-state index in [0.717, 1.165) is 11.3 Å². The lowest BCUT2D eigenvalue weighted by Gasteiger charge is -1.95. The molecule has 0 aliphatic heterocycles. The van der Waals surface area contributed by atoms with Crippen LogP contribution in [0.3, 0.4) is 0 Å². The molecule has 0 fully saturated rings. The summed E-state index contributed by atoms with van der Waals surface area (Å²) >= 11 is 0. The Morgan fingerprint density at radius 1 is 1.67 bits per heavy atom. The van der Waals surface area contributed by atoms with Crippen LogP contribution in [0, 0.1) is 0 Å². The third kappa shape index (κ3) is 3.56. The van der Waals surface area contributed by atoms with Gasteiger partial charge in [-0.2, -0.15) is 0 Å². The van der Waals surface area contributed by atoms with Crippen LogP contribution in [0.2, 0.25) is 0 Å². The van der Waals surface area contributed by atoms with Gasteiger partial charge in [0.25, 0.3) is 0 Å². The van der Waals surface area contributed by atoms with E-state index in [1.807, 2.05) is 13.8 Å². The van der Waals surface area contributed by atoms with Gasteiger partial charge in [0, 0.05) is 11.8 Å². The molecule has 50 valence electrons. The van der Waals surface area contributed by atoms with Gasteiger partial charge >= 0.3 is 0 Å². The summed E-state index contributed by atoms with van der Waals surface area (Å²) in [7, 11) is 0. The highest BCUT2D eigenvalue weighted by atomic mass is 16.1. The zero-order valence-corrected chi connectivity index (χ0v) is 5.77. The molecule has 0 heterocycles.